The van der Waals surface area contributed by atoms with E-state index in [4.69, 9.17) is 9.47 Å². The second kappa shape index (κ2) is 7.33. The van der Waals surface area contributed by atoms with Gasteiger partial charge in [0.2, 0.25) is 5.91 Å². The molecule has 0 spiro atoms. The molecule has 2 aromatic rings. The molecule has 0 fully saturated rings. The van der Waals surface area contributed by atoms with Crippen LogP contribution in [0.5, 0.6) is 11.5 Å². The average molecular weight is 359 g/mol. The standard InChI is InChI=1S/C20H22FNO4/c1-25-17-10-14-7-8-20(24,16(14)11-18(17)26-2)12-22-19(23)9-13-3-5-15(21)6-4-13/h3-6,10-11,24H,7-9,12H2,1-2H3,(H,22,23). The van der Waals surface area contributed by atoms with Crippen molar-refractivity contribution in [2.45, 2.75) is 24.9 Å². The molecule has 0 radical (unpaired) electrons. The Bertz CT molecular complexity index is 806. The summed E-state index contributed by atoms with van der Waals surface area (Å²) >= 11 is 0. The Morgan fingerprint density at radius 3 is 2.50 bits per heavy atom. The van der Waals surface area contributed by atoms with Crippen molar-refractivity contribution in [2.24, 2.45) is 0 Å². The SMILES string of the molecule is COc1cc2c(cc1OC)C(O)(CNC(=O)Cc1ccc(F)cc1)CC2. The minimum absolute atomic E-state index is 0.107. The third-order valence-electron chi connectivity index (χ3n) is 4.77. The lowest BCUT2D eigenvalue weighted by molar-refractivity contribution is -0.121. The van der Waals surface area contributed by atoms with E-state index in [0.717, 1.165) is 11.1 Å². The van der Waals surface area contributed by atoms with Crippen LogP contribution in [0, 0.1) is 5.82 Å². The fourth-order valence-corrected chi connectivity index (χ4v) is 3.32. The smallest absolute Gasteiger partial charge is 0.224 e. The predicted octanol–water partition coefficient (Wildman–Crippen LogP) is 2.34. The van der Waals surface area contributed by atoms with E-state index in [2.05, 4.69) is 5.32 Å². The number of carbonyl (C=O) groups excluding carboxylic acids is 1. The third kappa shape index (κ3) is 3.65. The topological polar surface area (TPSA) is 67.8 Å². The number of benzene rings is 2. The summed E-state index contributed by atoms with van der Waals surface area (Å²) in [6, 6.07) is 9.43. The Kier molecular flexibility index (Phi) is 5.13. The van der Waals surface area contributed by atoms with E-state index >= 15 is 0 Å². The van der Waals surface area contributed by atoms with Gasteiger partial charge in [-0.1, -0.05) is 12.1 Å². The van der Waals surface area contributed by atoms with Crippen molar-refractivity contribution < 1.29 is 23.8 Å². The van der Waals surface area contributed by atoms with Crippen LogP contribution in [0.2, 0.25) is 0 Å². The van der Waals surface area contributed by atoms with Gasteiger partial charge in [0.15, 0.2) is 11.5 Å². The molecule has 138 valence electrons. The fraction of sp³-hybridized carbons (Fsp3) is 0.350. The van der Waals surface area contributed by atoms with E-state index < -0.39 is 5.60 Å². The maximum atomic E-state index is 12.9. The molecular weight excluding hydrogens is 337 g/mol. The number of hydrogen-bond donors (Lipinski definition) is 2. The van der Waals surface area contributed by atoms with E-state index in [-0.39, 0.29) is 24.7 Å². The van der Waals surface area contributed by atoms with Crippen molar-refractivity contribution in [1.82, 2.24) is 5.32 Å². The van der Waals surface area contributed by atoms with Crippen LogP contribution in [0.4, 0.5) is 4.39 Å². The maximum absolute atomic E-state index is 12.9. The molecule has 26 heavy (non-hydrogen) atoms. The lowest BCUT2D eigenvalue weighted by Gasteiger charge is -2.25. The number of carbonyl (C=O) groups is 1. The quantitative estimate of drug-likeness (QED) is 0.831. The number of fused-ring (bicyclic) bond motifs is 1. The minimum atomic E-state index is -1.15. The van der Waals surface area contributed by atoms with Gasteiger partial charge >= 0.3 is 0 Å². The fourth-order valence-electron chi connectivity index (χ4n) is 3.32. The zero-order valence-corrected chi connectivity index (χ0v) is 14.8. The molecule has 0 saturated carbocycles. The number of aryl methyl sites for hydroxylation is 1. The van der Waals surface area contributed by atoms with E-state index in [0.29, 0.717) is 29.9 Å². The highest BCUT2D eigenvalue weighted by molar-refractivity contribution is 5.78. The number of rotatable bonds is 6. The summed E-state index contributed by atoms with van der Waals surface area (Å²) < 4.78 is 23.5. The molecule has 1 atom stereocenters. The van der Waals surface area contributed by atoms with Gasteiger partial charge in [-0.05, 0) is 53.8 Å². The van der Waals surface area contributed by atoms with Crippen molar-refractivity contribution in [3.63, 3.8) is 0 Å². The van der Waals surface area contributed by atoms with Crippen LogP contribution in [0.3, 0.4) is 0 Å². The number of hydrogen-bond acceptors (Lipinski definition) is 4. The lowest BCUT2D eigenvalue weighted by Crippen LogP contribution is -2.39. The summed E-state index contributed by atoms with van der Waals surface area (Å²) in [5.74, 6) is 0.606. The van der Waals surface area contributed by atoms with Crippen LogP contribution in [-0.4, -0.2) is 31.8 Å². The van der Waals surface area contributed by atoms with Crippen LogP contribution < -0.4 is 14.8 Å². The predicted molar refractivity (Wildman–Crippen MR) is 94.9 cm³/mol. The van der Waals surface area contributed by atoms with Crippen LogP contribution in [0.15, 0.2) is 36.4 Å². The highest BCUT2D eigenvalue weighted by Crippen LogP contribution is 2.42. The normalized spacial score (nSPS) is 18.3. The number of amides is 1. The van der Waals surface area contributed by atoms with Crippen molar-refractivity contribution in [2.75, 3.05) is 20.8 Å². The molecule has 5 nitrogen and oxygen atoms in total. The van der Waals surface area contributed by atoms with E-state index in [9.17, 15) is 14.3 Å². The summed E-state index contributed by atoms with van der Waals surface area (Å²) in [4.78, 5) is 12.2. The molecule has 0 aromatic heterocycles. The summed E-state index contributed by atoms with van der Waals surface area (Å²) in [5.41, 5.74) is 1.30. The van der Waals surface area contributed by atoms with Gasteiger partial charge in [-0.2, -0.15) is 0 Å². The van der Waals surface area contributed by atoms with Crippen molar-refractivity contribution >= 4 is 5.91 Å². The first-order valence-electron chi connectivity index (χ1n) is 8.44. The maximum Gasteiger partial charge on any atom is 0.224 e. The Balaban J connectivity index is 1.69. The zero-order chi connectivity index (χ0) is 18.7. The summed E-state index contributed by atoms with van der Waals surface area (Å²) in [7, 11) is 3.11. The van der Waals surface area contributed by atoms with Gasteiger partial charge in [0, 0.05) is 0 Å². The van der Waals surface area contributed by atoms with Gasteiger partial charge in [0.25, 0.3) is 0 Å². The molecule has 2 N–H and O–H groups in total. The first kappa shape index (κ1) is 18.2. The van der Waals surface area contributed by atoms with Crippen LogP contribution >= 0.6 is 0 Å². The molecule has 2 aromatic carbocycles. The van der Waals surface area contributed by atoms with E-state index in [1.165, 1.54) is 12.1 Å². The molecule has 0 bridgehead atoms. The Hall–Kier alpha value is -2.60. The molecule has 6 heteroatoms. The second-order valence-corrected chi connectivity index (χ2v) is 6.48. The Labute approximate surface area is 151 Å². The molecule has 3 rings (SSSR count). The van der Waals surface area contributed by atoms with Crippen molar-refractivity contribution in [3.8, 4) is 11.5 Å². The molecule has 1 aliphatic rings. The molecular formula is C20H22FNO4. The first-order valence-corrected chi connectivity index (χ1v) is 8.44. The van der Waals surface area contributed by atoms with Crippen molar-refractivity contribution in [3.05, 3.63) is 58.9 Å². The minimum Gasteiger partial charge on any atom is -0.493 e. The van der Waals surface area contributed by atoms with Crippen LogP contribution in [0.1, 0.15) is 23.1 Å². The van der Waals surface area contributed by atoms with Gasteiger partial charge in [0.05, 0.1) is 27.2 Å². The summed E-state index contributed by atoms with van der Waals surface area (Å²) in [6.45, 7) is 0.107. The number of ether oxygens (including phenoxy) is 2. The highest BCUT2D eigenvalue weighted by Gasteiger charge is 2.38. The lowest BCUT2D eigenvalue weighted by atomic mass is 9.95. The van der Waals surface area contributed by atoms with E-state index in [1.807, 2.05) is 6.07 Å². The highest BCUT2D eigenvalue weighted by atomic mass is 19.1. The average Bonchev–Trinajstić information content (AvgIpc) is 2.97. The number of nitrogens with one attached hydrogen (secondary N) is 1. The van der Waals surface area contributed by atoms with Crippen LogP contribution in [-0.2, 0) is 23.2 Å². The first-order chi connectivity index (χ1) is 12.4. The monoisotopic (exact) mass is 359 g/mol. The number of halogens is 1. The molecule has 0 aliphatic heterocycles. The molecule has 0 saturated heterocycles. The van der Waals surface area contributed by atoms with Crippen LogP contribution in [0.25, 0.3) is 0 Å². The van der Waals surface area contributed by atoms with E-state index in [1.54, 1.807) is 32.4 Å². The number of aliphatic hydroxyl groups is 1. The second-order valence-electron chi connectivity index (χ2n) is 6.48. The zero-order valence-electron chi connectivity index (χ0n) is 14.8. The number of methoxy groups -OCH3 is 2. The third-order valence-corrected chi connectivity index (χ3v) is 4.77. The van der Waals surface area contributed by atoms with Gasteiger partial charge in [-0.15, -0.1) is 0 Å². The van der Waals surface area contributed by atoms with Crippen molar-refractivity contribution in [1.29, 1.82) is 0 Å². The van der Waals surface area contributed by atoms with Gasteiger partial charge in [-0.3, -0.25) is 4.79 Å². The van der Waals surface area contributed by atoms with Gasteiger partial charge < -0.3 is 19.9 Å². The molecule has 1 unspecified atom stereocenters. The molecule has 0 heterocycles. The summed E-state index contributed by atoms with van der Waals surface area (Å²) in [6.07, 6.45) is 1.34. The molecule has 1 aliphatic carbocycles. The largest absolute Gasteiger partial charge is 0.493 e. The van der Waals surface area contributed by atoms with Gasteiger partial charge in [0.1, 0.15) is 11.4 Å². The van der Waals surface area contributed by atoms with Gasteiger partial charge in [-0.25, -0.2) is 4.39 Å². The molecule has 1 amide bonds. The Morgan fingerprint density at radius 1 is 1.19 bits per heavy atom. The Morgan fingerprint density at radius 2 is 1.85 bits per heavy atom. The summed E-state index contributed by atoms with van der Waals surface area (Å²) in [5, 5.41) is 13.8.